The normalized spacial score (nSPS) is 10.6. The van der Waals surface area contributed by atoms with Crippen LogP contribution in [0.15, 0.2) is 46.9 Å². The molecule has 0 aliphatic rings. The topological polar surface area (TPSA) is 54.9 Å². The molecule has 4 nitrogen and oxygen atoms in total. The molecule has 0 radical (unpaired) electrons. The Morgan fingerprint density at radius 2 is 1.96 bits per heavy atom. The summed E-state index contributed by atoms with van der Waals surface area (Å²) in [6, 6.07) is 13.0. The Kier molecular flexibility index (Phi) is 4.75. The van der Waals surface area contributed by atoms with Gasteiger partial charge in [-0.1, -0.05) is 50.2 Å². The minimum Gasteiger partial charge on any atom is -0.321 e. The molecule has 0 aliphatic carbocycles. The van der Waals surface area contributed by atoms with E-state index in [0.29, 0.717) is 21.3 Å². The maximum Gasteiger partial charge on any atom is 0.269 e. The Morgan fingerprint density at radius 1 is 1.22 bits per heavy atom. The number of aryl methyl sites for hydroxylation is 1. The van der Waals surface area contributed by atoms with Crippen LogP contribution in [0.2, 0.25) is 5.02 Å². The van der Waals surface area contributed by atoms with Crippen LogP contribution < -0.4 is 5.32 Å². The van der Waals surface area contributed by atoms with Gasteiger partial charge in [0.25, 0.3) is 5.91 Å². The Morgan fingerprint density at radius 3 is 2.65 bits per heavy atom. The molecule has 0 spiro atoms. The van der Waals surface area contributed by atoms with Crippen molar-refractivity contribution in [2.75, 3.05) is 5.32 Å². The number of amides is 1. The molecule has 1 amide bonds. The third kappa shape index (κ3) is 3.60. The zero-order chi connectivity index (χ0) is 16.4. The van der Waals surface area contributed by atoms with E-state index in [1.54, 1.807) is 6.07 Å². The van der Waals surface area contributed by atoms with Gasteiger partial charge in [-0.25, -0.2) is 0 Å². The van der Waals surface area contributed by atoms with Crippen LogP contribution in [0.4, 0.5) is 5.69 Å². The summed E-state index contributed by atoms with van der Waals surface area (Å²) in [5.41, 5.74) is 3.01. The van der Waals surface area contributed by atoms with Crippen molar-refractivity contribution >= 4 is 50.7 Å². The van der Waals surface area contributed by atoms with Crippen LogP contribution in [0.3, 0.4) is 0 Å². The highest BCUT2D eigenvalue weighted by Gasteiger charge is 2.18. The highest BCUT2D eigenvalue weighted by Crippen LogP contribution is 2.27. The molecule has 116 valence electrons. The molecule has 1 heterocycles. The molecule has 1 aromatic heterocycles. The predicted molar refractivity (Wildman–Crippen MR) is 97.2 cm³/mol. The molecular formula is C16H11BrClN3OS. The first kappa shape index (κ1) is 16.1. The maximum absolute atomic E-state index is 12.5. The van der Waals surface area contributed by atoms with Crippen molar-refractivity contribution in [3.63, 3.8) is 0 Å². The van der Waals surface area contributed by atoms with Gasteiger partial charge in [0.2, 0.25) is 0 Å². The van der Waals surface area contributed by atoms with Crippen molar-refractivity contribution in [2.45, 2.75) is 6.92 Å². The first-order valence-corrected chi connectivity index (χ1v) is 8.65. The third-order valence-corrected chi connectivity index (χ3v) is 4.90. The minimum atomic E-state index is -0.252. The lowest BCUT2D eigenvalue weighted by Crippen LogP contribution is -2.11. The molecule has 3 aromatic rings. The second-order valence-corrected chi connectivity index (χ2v) is 6.95. The number of hydrogen-bond acceptors (Lipinski definition) is 4. The molecule has 0 aliphatic heterocycles. The van der Waals surface area contributed by atoms with Crippen LogP contribution >= 0.6 is 39.1 Å². The Labute approximate surface area is 150 Å². The number of benzene rings is 2. The van der Waals surface area contributed by atoms with Crippen LogP contribution in [0.1, 0.15) is 15.2 Å². The van der Waals surface area contributed by atoms with E-state index in [1.165, 1.54) is 0 Å². The zero-order valence-corrected chi connectivity index (χ0v) is 15.2. The van der Waals surface area contributed by atoms with Crippen LogP contribution in [-0.2, 0) is 0 Å². The number of rotatable bonds is 3. The fourth-order valence-corrected chi connectivity index (χ4v) is 3.02. The second-order valence-electron chi connectivity index (χ2n) is 4.88. The molecule has 2 aromatic carbocycles. The van der Waals surface area contributed by atoms with E-state index < -0.39 is 0 Å². The molecule has 0 saturated heterocycles. The smallest absolute Gasteiger partial charge is 0.269 e. The monoisotopic (exact) mass is 407 g/mol. The average Bonchev–Trinajstić information content (AvgIpc) is 3.01. The Bertz CT molecular complexity index is 864. The molecule has 3 rings (SSSR count). The standard InChI is InChI=1S/C16H11BrClN3OS/c1-9-2-7-12(8-13(9)18)19-16(22)15-14(20-21-23-15)10-3-5-11(17)6-4-10/h2-8H,1H3,(H,19,22). The van der Waals surface area contributed by atoms with Crippen molar-refractivity contribution in [3.05, 3.63) is 62.4 Å². The van der Waals surface area contributed by atoms with Gasteiger partial charge in [-0.3, -0.25) is 4.79 Å². The molecule has 0 bridgehead atoms. The summed E-state index contributed by atoms with van der Waals surface area (Å²) < 4.78 is 4.87. The van der Waals surface area contributed by atoms with Gasteiger partial charge in [0.05, 0.1) is 0 Å². The van der Waals surface area contributed by atoms with Gasteiger partial charge >= 0.3 is 0 Å². The van der Waals surface area contributed by atoms with Crippen LogP contribution in [-0.4, -0.2) is 15.5 Å². The number of carbonyl (C=O) groups is 1. The Hall–Kier alpha value is -1.76. The maximum atomic E-state index is 12.5. The van der Waals surface area contributed by atoms with Crippen molar-refractivity contribution in [3.8, 4) is 11.3 Å². The minimum absolute atomic E-state index is 0.252. The number of anilines is 1. The molecule has 0 saturated carbocycles. The zero-order valence-electron chi connectivity index (χ0n) is 12.0. The summed E-state index contributed by atoms with van der Waals surface area (Å²) in [6.07, 6.45) is 0. The van der Waals surface area contributed by atoms with E-state index in [4.69, 9.17) is 11.6 Å². The number of carbonyl (C=O) groups excluding carboxylic acids is 1. The fourth-order valence-electron chi connectivity index (χ4n) is 1.99. The molecule has 7 heteroatoms. The summed E-state index contributed by atoms with van der Waals surface area (Å²) in [7, 11) is 0. The number of halogens is 2. The largest absolute Gasteiger partial charge is 0.321 e. The Balaban J connectivity index is 1.87. The van der Waals surface area contributed by atoms with E-state index in [9.17, 15) is 4.79 Å². The third-order valence-electron chi connectivity index (χ3n) is 3.24. The highest BCUT2D eigenvalue weighted by atomic mass is 79.9. The van der Waals surface area contributed by atoms with Gasteiger partial charge in [0.15, 0.2) is 0 Å². The number of nitrogens with zero attached hydrogens (tertiary/aromatic N) is 2. The first-order valence-electron chi connectivity index (χ1n) is 6.70. The SMILES string of the molecule is Cc1ccc(NC(=O)c2snnc2-c2ccc(Br)cc2)cc1Cl. The highest BCUT2D eigenvalue weighted by molar-refractivity contribution is 9.10. The number of aromatic nitrogens is 2. The predicted octanol–water partition coefficient (Wildman–Crippen LogP) is 5.18. The summed E-state index contributed by atoms with van der Waals surface area (Å²) in [4.78, 5) is 13.0. The van der Waals surface area contributed by atoms with E-state index in [2.05, 4.69) is 30.8 Å². The van der Waals surface area contributed by atoms with E-state index >= 15 is 0 Å². The van der Waals surface area contributed by atoms with Crippen molar-refractivity contribution in [1.82, 2.24) is 9.59 Å². The van der Waals surface area contributed by atoms with Gasteiger partial charge in [-0.15, -0.1) is 5.10 Å². The van der Waals surface area contributed by atoms with E-state index in [0.717, 1.165) is 27.1 Å². The number of nitrogens with one attached hydrogen (secondary N) is 1. The average molecular weight is 409 g/mol. The van der Waals surface area contributed by atoms with Gasteiger partial charge in [-0.05, 0) is 48.3 Å². The van der Waals surface area contributed by atoms with Crippen LogP contribution in [0, 0.1) is 6.92 Å². The quantitative estimate of drug-likeness (QED) is 0.649. The lowest BCUT2D eigenvalue weighted by Gasteiger charge is -2.06. The fraction of sp³-hybridized carbons (Fsp3) is 0.0625. The second kappa shape index (κ2) is 6.78. The molecule has 23 heavy (non-hydrogen) atoms. The van der Waals surface area contributed by atoms with Gasteiger partial charge in [0, 0.05) is 20.7 Å². The molecule has 0 fully saturated rings. The van der Waals surface area contributed by atoms with Crippen molar-refractivity contribution in [1.29, 1.82) is 0 Å². The van der Waals surface area contributed by atoms with Crippen LogP contribution in [0.25, 0.3) is 11.3 Å². The van der Waals surface area contributed by atoms with Crippen molar-refractivity contribution < 1.29 is 4.79 Å². The van der Waals surface area contributed by atoms with Gasteiger partial charge in [0.1, 0.15) is 10.6 Å². The number of hydrogen-bond donors (Lipinski definition) is 1. The van der Waals surface area contributed by atoms with E-state index in [-0.39, 0.29) is 5.91 Å². The molecule has 0 unspecified atom stereocenters. The van der Waals surface area contributed by atoms with E-state index in [1.807, 2.05) is 43.3 Å². The van der Waals surface area contributed by atoms with Gasteiger partial charge in [-0.2, -0.15) is 0 Å². The first-order chi connectivity index (χ1) is 11.0. The molecule has 0 atom stereocenters. The summed E-state index contributed by atoms with van der Waals surface area (Å²) >= 11 is 10.5. The summed E-state index contributed by atoms with van der Waals surface area (Å²) in [5, 5.41) is 7.52. The summed E-state index contributed by atoms with van der Waals surface area (Å²) in [5.74, 6) is -0.252. The molecular weight excluding hydrogens is 398 g/mol. The summed E-state index contributed by atoms with van der Waals surface area (Å²) in [6.45, 7) is 1.91. The lowest BCUT2D eigenvalue weighted by atomic mass is 10.1. The molecule has 1 N–H and O–H groups in total. The van der Waals surface area contributed by atoms with Crippen LogP contribution in [0.5, 0.6) is 0 Å². The lowest BCUT2D eigenvalue weighted by molar-refractivity contribution is 0.103. The van der Waals surface area contributed by atoms with Crippen molar-refractivity contribution in [2.24, 2.45) is 0 Å². The van der Waals surface area contributed by atoms with Gasteiger partial charge < -0.3 is 5.32 Å².